The van der Waals surface area contributed by atoms with Gasteiger partial charge >= 0.3 is 24.1 Å². The van der Waals surface area contributed by atoms with Gasteiger partial charge in [0.1, 0.15) is 43.2 Å². The third-order valence-corrected chi connectivity index (χ3v) is 8.84. The zero-order valence-corrected chi connectivity index (χ0v) is 23.7. The molecule has 17 heteroatoms. The third-order valence-electron chi connectivity index (χ3n) is 8.12. The van der Waals surface area contributed by atoms with Gasteiger partial charge in [0, 0.05) is 0 Å². The summed E-state index contributed by atoms with van der Waals surface area (Å²) in [6.07, 6.45) is -6.19. The fourth-order valence-electron chi connectivity index (χ4n) is 6.53. The molecule has 5 unspecified atom stereocenters. The van der Waals surface area contributed by atoms with Crippen LogP contribution in [0.1, 0.15) is 62.2 Å². The molecule has 0 heterocycles. The van der Waals surface area contributed by atoms with E-state index in [1.54, 1.807) is 0 Å². The number of benzene rings is 1. The lowest BCUT2D eigenvalue weighted by Crippen LogP contribution is -2.42. The molecule has 0 aromatic heterocycles. The minimum atomic E-state index is -5.19. The molecule has 0 aliphatic heterocycles. The van der Waals surface area contributed by atoms with Gasteiger partial charge < -0.3 is 14.6 Å². The van der Waals surface area contributed by atoms with Gasteiger partial charge in [-0.3, -0.25) is 9.35 Å². The Labute approximate surface area is 234 Å². The van der Waals surface area contributed by atoms with Gasteiger partial charge in [-0.15, -0.1) is 0 Å². The first-order valence-corrected chi connectivity index (χ1v) is 15.0. The van der Waals surface area contributed by atoms with Crippen LogP contribution in [0.5, 0.6) is 0 Å². The lowest BCUT2D eigenvalue weighted by Gasteiger charge is -2.29. The van der Waals surface area contributed by atoms with Gasteiger partial charge in [-0.25, -0.2) is 9.59 Å². The summed E-state index contributed by atoms with van der Waals surface area (Å²) in [5.74, 6) is -6.79. The quantitative estimate of drug-likeness (QED) is 0.187. The number of carboxylic acid groups (broad SMARTS) is 1. The number of hydrogen-bond acceptors (Lipinski definition) is 7. The third kappa shape index (κ3) is 6.56. The number of aromatic carboxylic acids is 1. The van der Waals surface area contributed by atoms with Crippen molar-refractivity contribution in [3.63, 3.8) is 0 Å². The summed E-state index contributed by atoms with van der Waals surface area (Å²) < 4.78 is 80.7. The molecule has 2 bridgehead atoms. The van der Waals surface area contributed by atoms with Crippen LogP contribution < -0.4 is 0 Å². The molecule has 0 saturated heterocycles. The van der Waals surface area contributed by atoms with Gasteiger partial charge in [-0.05, 0) is 53.4 Å². The molecule has 216 valence electrons. The largest absolute Gasteiger partial charge is 0.478 e. The van der Waals surface area contributed by atoms with Crippen LogP contribution in [0.25, 0.3) is 0 Å². The van der Waals surface area contributed by atoms with Crippen molar-refractivity contribution in [3.8, 4) is 0 Å². The lowest BCUT2D eigenvalue weighted by atomic mass is 9.72. The van der Waals surface area contributed by atoms with Crippen LogP contribution >= 0.6 is 0 Å². The van der Waals surface area contributed by atoms with Crippen LogP contribution in [0.15, 0.2) is 0 Å². The van der Waals surface area contributed by atoms with E-state index in [9.17, 15) is 41.1 Å². The Balaban J connectivity index is 1.82. The summed E-state index contributed by atoms with van der Waals surface area (Å²) in [6.45, 7) is 0. The first-order valence-electron chi connectivity index (χ1n) is 13.4. The molecule has 2 N–H and O–H groups in total. The van der Waals surface area contributed by atoms with E-state index in [4.69, 9.17) is 9.29 Å². The van der Waals surface area contributed by atoms with Crippen molar-refractivity contribution in [1.82, 2.24) is 0 Å². The summed E-state index contributed by atoms with van der Waals surface area (Å²) in [5.41, 5.74) is 3.02. The van der Waals surface area contributed by atoms with Gasteiger partial charge in [-0.2, -0.15) is 21.6 Å². The van der Waals surface area contributed by atoms with E-state index in [1.807, 2.05) is 31.4 Å². The van der Waals surface area contributed by atoms with E-state index in [0.29, 0.717) is 42.8 Å². The average Bonchev–Trinajstić information content (AvgIpc) is 3.45. The molecule has 0 amide bonds. The standard InChI is InChI=1S/C23H31B4F3O9S/c24-4-12-13(5-25)15(7-27)19(18(20(31)32)14(12)6-26)22(34)38-16-3-9-1-10(16)2-11(9)21(33)39-17(23(28,29)30)8-40(35,36)37/h9-11,16-17H,1-8,24-27H2,(H,31,32)(H,35,36,37). The number of carbonyl (C=O) groups is 3. The van der Waals surface area contributed by atoms with Crippen molar-refractivity contribution in [2.75, 3.05) is 5.75 Å². The molecule has 2 aliphatic carbocycles. The molecule has 2 fully saturated rings. The van der Waals surface area contributed by atoms with Crippen LogP contribution in [0.4, 0.5) is 13.2 Å². The highest BCUT2D eigenvalue weighted by molar-refractivity contribution is 7.85. The van der Waals surface area contributed by atoms with Crippen LogP contribution in [0, 0.1) is 17.8 Å². The van der Waals surface area contributed by atoms with Crippen LogP contribution in [-0.2, 0) is 49.7 Å². The molecule has 9 nitrogen and oxygen atoms in total. The first-order chi connectivity index (χ1) is 18.6. The molecular formula is C23H31B4F3O9S. The predicted molar refractivity (Wildman–Crippen MR) is 148 cm³/mol. The van der Waals surface area contributed by atoms with E-state index in [1.165, 1.54) is 0 Å². The Bertz CT molecular complexity index is 1290. The number of ether oxygens (including phenoxy) is 2. The summed E-state index contributed by atoms with van der Waals surface area (Å²) in [6, 6.07) is 0. The van der Waals surface area contributed by atoms with E-state index >= 15 is 0 Å². The fraction of sp³-hybridized carbons (Fsp3) is 0.609. The summed E-state index contributed by atoms with van der Waals surface area (Å²) in [5, 5.41) is 10.1. The van der Waals surface area contributed by atoms with Crippen LogP contribution in [0.3, 0.4) is 0 Å². The highest BCUT2D eigenvalue weighted by atomic mass is 32.2. The molecule has 1 aromatic carbocycles. The number of carbonyl (C=O) groups excluding carboxylic acids is 2. The fourth-order valence-corrected chi connectivity index (χ4v) is 7.17. The topological polar surface area (TPSA) is 144 Å². The molecule has 2 aliphatic rings. The van der Waals surface area contributed by atoms with Gasteiger partial charge in [0.2, 0.25) is 6.10 Å². The van der Waals surface area contributed by atoms with Crippen molar-refractivity contribution >= 4 is 59.4 Å². The molecule has 2 saturated carbocycles. The first kappa shape index (κ1) is 32.1. The normalized spacial score (nSPS) is 23.1. The molecule has 0 radical (unpaired) electrons. The number of carboxylic acids is 1. The van der Waals surface area contributed by atoms with Crippen molar-refractivity contribution in [3.05, 3.63) is 33.4 Å². The van der Waals surface area contributed by atoms with Gasteiger partial charge in [0.25, 0.3) is 10.1 Å². The van der Waals surface area contributed by atoms with Crippen molar-refractivity contribution < 1.29 is 55.1 Å². The Kier molecular flexibility index (Phi) is 9.81. The lowest BCUT2D eigenvalue weighted by molar-refractivity contribution is -0.218. The molecule has 40 heavy (non-hydrogen) atoms. The molecule has 0 spiro atoms. The monoisotopic (exact) mass is 584 g/mol. The zero-order chi connectivity index (χ0) is 30.2. The zero-order valence-electron chi connectivity index (χ0n) is 22.8. The number of fused-ring (bicyclic) bond motifs is 2. The summed E-state index contributed by atoms with van der Waals surface area (Å²) >= 11 is 0. The second-order valence-corrected chi connectivity index (χ2v) is 11.9. The van der Waals surface area contributed by atoms with E-state index in [2.05, 4.69) is 4.74 Å². The number of halogens is 3. The number of esters is 2. The van der Waals surface area contributed by atoms with Gasteiger partial charge in [0.15, 0.2) is 0 Å². The van der Waals surface area contributed by atoms with Crippen LogP contribution in [0.2, 0.25) is 0 Å². The SMILES string of the molecule is BCc1c(CB)c(CB)c(C(=O)OC2CC3CC2CC3C(=O)OC(CS(=O)(=O)O)C(F)(F)F)c(C(=O)O)c1CB. The average molecular weight is 584 g/mol. The number of alkyl halides is 3. The van der Waals surface area contributed by atoms with Gasteiger partial charge in [-0.1, -0.05) is 25.3 Å². The minimum Gasteiger partial charge on any atom is -0.478 e. The molecule has 5 atom stereocenters. The maximum atomic E-state index is 13.5. The second-order valence-electron chi connectivity index (χ2n) is 10.4. The maximum Gasteiger partial charge on any atom is 0.426 e. The molecule has 3 rings (SSSR count). The van der Waals surface area contributed by atoms with Crippen molar-refractivity contribution in [2.45, 2.75) is 62.9 Å². The van der Waals surface area contributed by atoms with Crippen LogP contribution in [-0.4, -0.2) is 91.5 Å². The Morgan fingerprint density at radius 3 is 1.80 bits per heavy atom. The summed E-state index contributed by atoms with van der Waals surface area (Å²) in [7, 11) is 2.49. The highest BCUT2D eigenvalue weighted by Gasteiger charge is 2.53. The predicted octanol–water partition coefficient (Wildman–Crippen LogP) is -1.15. The van der Waals surface area contributed by atoms with Crippen molar-refractivity contribution in [1.29, 1.82) is 0 Å². The molecule has 1 aromatic rings. The Morgan fingerprint density at radius 1 is 0.875 bits per heavy atom. The minimum absolute atomic E-state index is 0.0258. The van der Waals surface area contributed by atoms with E-state index < -0.39 is 64.0 Å². The number of hydrogen-bond donors (Lipinski definition) is 2. The Hall–Kier alpha value is -2.41. The van der Waals surface area contributed by atoms with Crippen molar-refractivity contribution in [2.24, 2.45) is 17.8 Å². The Morgan fingerprint density at radius 2 is 1.40 bits per heavy atom. The van der Waals surface area contributed by atoms with E-state index in [-0.39, 0.29) is 29.9 Å². The van der Waals surface area contributed by atoms with E-state index in [0.717, 1.165) is 11.1 Å². The second kappa shape index (κ2) is 12.2. The molecular weight excluding hydrogens is 553 g/mol. The van der Waals surface area contributed by atoms with Gasteiger partial charge in [0.05, 0.1) is 17.0 Å². The highest BCUT2D eigenvalue weighted by Crippen LogP contribution is 2.50. The maximum absolute atomic E-state index is 13.5. The smallest absolute Gasteiger partial charge is 0.426 e. The number of rotatable bonds is 11. The summed E-state index contributed by atoms with van der Waals surface area (Å²) in [4.78, 5) is 38.5.